The maximum atomic E-state index is 13.1. The molecule has 1 heterocycles. The van der Waals surface area contributed by atoms with Crippen LogP contribution < -0.4 is 0 Å². The van der Waals surface area contributed by atoms with Gasteiger partial charge in [-0.1, -0.05) is 60.1 Å². The van der Waals surface area contributed by atoms with Gasteiger partial charge in [0.05, 0.1) is 6.54 Å². The van der Waals surface area contributed by atoms with Crippen molar-refractivity contribution in [3.05, 3.63) is 76.2 Å². The molecule has 0 radical (unpaired) electrons. The van der Waals surface area contributed by atoms with Crippen molar-refractivity contribution in [1.29, 1.82) is 0 Å². The molecule has 0 aromatic heterocycles. The summed E-state index contributed by atoms with van der Waals surface area (Å²) in [7, 11) is -3.82. The van der Waals surface area contributed by atoms with Gasteiger partial charge < -0.3 is 4.90 Å². The maximum Gasteiger partial charge on any atom is 0.237 e. The van der Waals surface area contributed by atoms with E-state index in [1.165, 1.54) is 4.31 Å². The second-order valence-electron chi connectivity index (χ2n) is 7.06. The van der Waals surface area contributed by atoms with Crippen molar-refractivity contribution in [2.24, 2.45) is 0 Å². The lowest BCUT2D eigenvalue weighted by Crippen LogP contribution is -2.44. The van der Waals surface area contributed by atoms with Crippen molar-refractivity contribution in [3.8, 4) is 0 Å². The molecular formula is C22H25ClN2O3S. The summed E-state index contributed by atoms with van der Waals surface area (Å²) in [4.78, 5) is 14.5. The number of nitrogens with zero attached hydrogens (tertiary/aromatic N) is 2. The standard InChI is InChI=1S/C22H25ClN2O3S/c23-21-12-6-5-11-20(21)17-25(18-22(26)24-14-7-2-8-15-24)29(27,28)16-13-19-9-3-1-4-10-19/h1,3-6,9-13,16H,2,7-8,14-15,17-18H2/b16-13+. The molecule has 2 aromatic carbocycles. The van der Waals surface area contributed by atoms with Crippen molar-refractivity contribution >= 4 is 33.6 Å². The summed E-state index contributed by atoms with van der Waals surface area (Å²) in [5.74, 6) is -0.173. The number of piperidine rings is 1. The lowest BCUT2D eigenvalue weighted by Gasteiger charge is -2.29. The number of hydrogen-bond acceptors (Lipinski definition) is 3. The molecule has 1 fully saturated rings. The topological polar surface area (TPSA) is 57.7 Å². The minimum atomic E-state index is -3.82. The van der Waals surface area contributed by atoms with Crippen LogP contribution in [0.25, 0.3) is 6.08 Å². The first kappa shape index (κ1) is 21.6. The molecule has 1 saturated heterocycles. The smallest absolute Gasteiger partial charge is 0.237 e. The van der Waals surface area contributed by atoms with E-state index in [-0.39, 0.29) is 19.0 Å². The van der Waals surface area contributed by atoms with E-state index in [4.69, 9.17) is 11.6 Å². The fraction of sp³-hybridized carbons (Fsp3) is 0.318. The van der Waals surface area contributed by atoms with E-state index in [0.29, 0.717) is 23.7 Å². The highest BCUT2D eigenvalue weighted by Gasteiger charge is 2.26. The second-order valence-corrected chi connectivity index (χ2v) is 9.29. The Morgan fingerprint density at radius 3 is 2.34 bits per heavy atom. The molecule has 154 valence electrons. The Labute approximate surface area is 177 Å². The van der Waals surface area contributed by atoms with Crippen LogP contribution in [0.5, 0.6) is 0 Å². The highest BCUT2D eigenvalue weighted by Crippen LogP contribution is 2.20. The summed E-state index contributed by atoms with van der Waals surface area (Å²) in [5.41, 5.74) is 1.44. The largest absolute Gasteiger partial charge is 0.342 e. The summed E-state index contributed by atoms with van der Waals surface area (Å²) in [6.07, 6.45) is 4.55. The molecule has 2 aromatic rings. The third kappa shape index (κ3) is 6.16. The van der Waals surface area contributed by atoms with Gasteiger partial charge in [-0.2, -0.15) is 4.31 Å². The zero-order valence-corrected chi connectivity index (χ0v) is 17.8. The Kier molecular flexibility index (Phi) is 7.47. The van der Waals surface area contributed by atoms with Crippen LogP contribution in [0.2, 0.25) is 5.02 Å². The molecule has 1 aliphatic rings. The van der Waals surface area contributed by atoms with Crippen LogP contribution in [0.1, 0.15) is 30.4 Å². The first-order valence-corrected chi connectivity index (χ1v) is 11.6. The molecule has 0 saturated carbocycles. The number of benzene rings is 2. The fourth-order valence-electron chi connectivity index (χ4n) is 3.26. The molecule has 0 aliphatic carbocycles. The minimum Gasteiger partial charge on any atom is -0.342 e. The summed E-state index contributed by atoms with van der Waals surface area (Å²) < 4.78 is 27.3. The van der Waals surface area contributed by atoms with Crippen molar-refractivity contribution in [2.75, 3.05) is 19.6 Å². The maximum absolute atomic E-state index is 13.1. The van der Waals surface area contributed by atoms with Gasteiger partial charge in [-0.3, -0.25) is 4.79 Å². The van der Waals surface area contributed by atoms with E-state index in [9.17, 15) is 13.2 Å². The minimum absolute atomic E-state index is 0.0424. The van der Waals surface area contributed by atoms with E-state index >= 15 is 0 Å². The molecular weight excluding hydrogens is 408 g/mol. The Morgan fingerprint density at radius 1 is 1.00 bits per heavy atom. The van der Waals surface area contributed by atoms with Gasteiger partial charge in [-0.05, 0) is 42.5 Å². The van der Waals surface area contributed by atoms with Gasteiger partial charge in [-0.15, -0.1) is 0 Å². The third-order valence-corrected chi connectivity index (χ3v) is 6.74. The number of likely N-dealkylation sites (tertiary alicyclic amines) is 1. The molecule has 3 rings (SSSR count). The highest BCUT2D eigenvalue weighted by molar-refractivity contribution is 7.92. The third-order valence-electron chi connectivity index (χ3n) is 4.92. The van der Waals surface area contributed by atoms with Crippen LogP contribution in [0.3, 0.4) is 0 Å². The van der Waals surface area contributed by atoms with Gasteiger partial charge in [0.2, 0.25) is 15.9 Å². The first-order valence-electron chi connectivity index (χ1n) is 9.70. The molecule has 5 nitrogen and oxygen atoms in total. The van der Waals surface area contributed by atoms with Gasteiger partial charge in [-0.25, -0.2) is 8.42 Å². The molecule has 0 spiro atoms. The number of halogens is 1. The summed E-state index contributed by atoms with van der Waals surface area (Å²) in [6.45, 7) is 1.20. The molecule has 0 bridgehead atoms. The number of rotatable bonds is 7. The average Bonchev–Trinajstić information content (AvgIpc) is 2.74. The number of amides is 1. The van der Waals surface area contributed by atoms with Crippen LogP contribution in [0, 0.1) is 0 Å². The van der Waals surface area contributed by atoms with Gasteiger partial charge >= 0.3 is 0 Å². The quantitative estimate of drug-likeness (QED) is 0.660. The normalized spacial score (nSPS) is 15.2. The van der Waals surface area contributed by atoms with Crippen molar-refractivity contribution in [3.63, 3.8) is 0 Å². The van der Waals surface area contributed by atoms with Crippen LogP contribution in [-0.4, -0.2) is 43.2 Å². The molecule has 1 amide bonds. The van der Waals surface area contributed by atoms with Gasteiger partial charge in [0.1, 0.15) is 0 Å². The summed E-state index contributed by atoms with van der Waals surface area (Å²) in [5, 5.41) is 1.63. The zero-order valence-electron chi connectivity index (χ0n) is 16.2. The van der Waals surface area contributed by atoms with E-state index in [1.807, 2.05) is 30.3 Å². The number of carbonyl (C=O) groups is 1. The van der Waals surface area contributed by atoms with Crippen molar-refractivity contribution < 1.29 is 13.2 Å². The predicted octanol–water partition coefficient (Wildman–Crippen LogP) is 4.16. The van der Waals surface area contributed by atoms with E-state index in [1.54, 1.807) is 35.2 Å². The van der Waals surface area contributed by atoms with Crippen molar-refractivity contribution in [2.45, 2.75) is 25.8 Å². The Morgan fingerprint density at radius 2 is 1.66 bits per heavy atom. The summed E-state index contributed by atoms with van der Waals surface area (Å²) >= 11 is 6.24. The average molecular weight is 433 g/mol. The van der Waals surface area contributed by atoms with E-state index in [2.05, 4.69) is 0 Å². The van der Waals surface area contributed by atoms with E-state index in [0.717, 1.165) is 30.2 Å². The molecule has 0 atom stereocenters. The van der Waals surface area contributed by atoms with Gasteiger partial charge in [0.25, 0.3) is 0 Å². The molecule has 0 unspecified atom stereocenters. The monoisotopic (exact) mass is 432 g/mol. The number of carbonyl (C=O) groups excluding carboxylic acids is 1. The number of hydrogen-bond donors (Lipinski definition) is 0. The van der Waals surface area contributed by atoms with Gasteiger partial charge in [0, 0.05) is 30.1 Å². The lowest BCUT2D eigenvalue weighted by atomic mass is 10.1. The highest BCUT2D eigenvalue weighted by atomic mass is 35.5. The predicted molar refractivity (Wildman–Crippen MR) is 117 cm³/mol. The van der Waals surface area contributed by atoms with Crippen molar-refractivity contribution in [1.82, 2.24) is 9.21 Å². The molecule has 1 aliphatic heterocycles. The van der Waals surface area contributed by atoms with Crippen LogP contribution in [0.4, 0.5) is 0 Å². The number of sulfonamides is 1. The second kappa shape index (κ2) is 10.1. The zero-order chi connectivity index (χ0) is 20.7. The van der Waals surface area contributed by atoms with Crippen LogP contribution in [0.15, 0.2) is 60.0 Å². The Balaban J connectivity index is 1.83. The Bertz CT molecular complexity index is 955. The van der Waals surface area contributed by atoms with Crippen LogP contribution in [-0.2, 0) is 21.4 Å². The SMILES string of the molecule is O=C(CN(Cc1ccccc1Cl)S(=O)(=O)/C=C/c1ccccc1)N1CCCCC1. The molecule has 7 heteroatoms. The molecule has 0 N–H and O–H groups in total. The Hall–Kier alpha value is -2.15. The summed E-state index contributed by atoms with van der Waals surface area (Å²) in [6, 6.07) is 16.3. The first-order chi connectivity index (χ1) is 14.0. The van der Waals surface area contributed by atoms with Gasteiger partial charge in [0.15, 0.2) is 0 Å². The lowest BCUT2D eigenvalue weighted by molar-refractivity contribution is -0.132. The fourth-order valence-corrected chi connectivity index (χ4v) is 4.57. The van der Waals surface area contributed by atoms with E-state index < -0.39 is 10.0 Å². The van der Waals surface area contributed by atoms with Crippen LogP contribution >= 0.6 is 11.6 Å². The molecule has 29 heavy (non-hydrogen) atoms.